The summed E-state index contributed by atoms with van der Waals surface area (Å²) >= 11 is 0. The minimum Gasteiger partial charge on any atom is -0.444 e. The third-order valence-electron chi connectivity index (χ3n) is 8.19. The van der Waals surface area contributed by atoms with Crippen LogP contribution in [0.25, 0.3) is 11.2 Å². The van der Waals surface area contributed by atoms with Gasteiger partial charge in [-0.15, -0.1) is 0 Å². The van der Waals surface area contributed by atoms with E-state index < -0.39 is 5.60 Å². The van der Waals surface area contributed by atoms with E-state index in [0.29, 0.717) is 17.8 Å². The van der Waals surface area contributed by atoms with Gasteiger partial charge in [-0.1, -0.05) is 24.3 Å². The van der Waals surface area contributed by atoms with Crippen LogP contribution in [0.4, 0.5) is 10.6 Å². The number of aromatic nitrogens is 4. The van der Waals surface area contributed by atoms with Gasteiger partial charge in [0.05, 0.1) is 12.2 Å². The molecule has 2 fully saturated rings. The molecule has 0 radical (unpaired) electrons. The number of piperidine rings is 1. The Hall–Kier alpha value is -3.71. The van der Waals surface area contributed by atoms with E-state index in [1.807, 2.05) is 26.8 Å². The summed E-state index contributed by atoms with van der Waals surface area (Å²) in [6.45, 7) is 7.88. The molecule has 3 aliphatic rings. The average molecular weight is 530 g/mol. The van der Waals surface area contributed by atoms with E-state index in [1.165, 1.54) is 11.1 Å². The maximum atomic E-state index is 12.8. The van der Waals surface area contributed by atoms with Gasteiger partial charge in [-0.3, -0.25) is 0 Å². The molecule has 1 amide bonds. The van der Waals surface area contributed by atoms with E-state index >= 15 is 0 Å². The molecule has 1 spiro atoms. The van der Waals surface area contributed by atoms with Gasteiger partial charge in [-0.2, -0.15) is 10.4 Å². The summed E-state index contributed by atoms with van der Waals surface area (Å²) in [6.07, 6.45) is 6.74. The molecule has 1 N–H and O–H groups in total. The first-order valence-electron chi connectivity index (χ1n) is 13.9. The number of amides is 1. The number of fused-ring (bicyclic) bond motifs is 2. The second-order valence-electron chi connectivity index (χ2n) is 11.9. The molecule has 4 heterocycles. The van der Waals surface area contributed by atoms with Crippen LogP contribution in [0.2, 0.25) is 0 Å². The number of anilines is 1. The molecule has 10 heteroatoms. The Morgan fingerprint density at radius 1 is 1.23 bits per heavy atom. The van der Waals surface area contributed by atoms with Crippen molar-refractivity contribution in [3.63, 3.8) is 0 Å². The highest BCUT2D eigenvalue weighted by atomic mass is 16.6. The van der Waals surface area contributed by atoms with Crippen LogP contribution in [-0.2, 0) is 15.9 Å². The normalized spacial score (nSPS) is 22.5. The number of nitriles is 1. The second kappa shape index (κ2) is 9.79. The zero-order chi connectivity index (χ0) is 27.2. The zero-order valence-corrected chi connectivity index (χ0v) is 22.8. The van der Waals surface area contributed by atoms with Gasteiger partial charge < -0.3 is 19.7 Å². The smallest absolute Gasteiger partial charge is 0.408 e. The van der Waals surface area contributed by atoms with Gasteiger partial charge in [0.25, 0.3) is 0 Å². The van der Waals surface area contributed by atoms with Crippen molar-refractivity contribution in [1.82, 2.24) is 25.1 Å². The molecule has 2 saturated heterocycles. The summed E-state index contributed by atoms with van der Waals surface area (Å²) in [5.41, 5.74) is 3.19. The molecule has 1 unspecified atom stereocenters. The fourth-order valence-electron chi connectivity index (χ4n) is 6.34. The van der Waals surface area contributed by atoms with E-state index in [0.717, 1.165) is 57.4 Å². The highest BCUT2D eigenvalue weighted by molar-refractivity contribution is 5.77. The number of hydrogen-bond donors (Lipinski definition) is 1. The lowest BCUT2D eigenvalue weighted by molar-refractivity contribution is -0.0370. The third kappa shape index (κ3) is 4.80. The zero-order valence-electron chi connectivity index (χ0n) is 22.8. The first kappa shape index (κ1) is 25.6. The molecule has 1 aromatic carbocycles. The minimum atomic E-state index is -0.559. The Balaban J connectivity index is 1.25. The summed E-state index contributed by atoms with van der Waals surface area (Å²) < 4.78 is 13.3. The van der Waals surface area contributed by atoms with Crippen molar-refractivity contribution in [2.24, 2.45) is 5.41 Å². The lowest BCUT2D eigenvalue weighted by atomic mass is 9.72. The molecule has 0 bridgehead atoms. The van der Waals surface area contributed by atoms with Crippen LogP contribution >= 0.6 is 0 Å². The van der Waals surface area contributed by atoms with Gasteiger partial charge in [0.2, 0.25) is 0 Å². The van der Waals surface area contributed by atoms with Crippen molar-refractivity contribution < 1.29 is 14.3 Å². The van der Waals surface area contributed by atoms with E-state index in [1.54, 1.807) is 10.9 Å². The number of carbonyl (C=O) groups is 1. The summed E-state index contributed by atoms with van der Waals surface area (Å²) in [5, 5.41) is 17.3. The Bertz CT molecular complexity index is 1420. The lowest BCUT2D eigenvalue weighted by Gasteiger charge is -2.43. The second-order valence-corrected chi connectivity index (χ2v) is 11.9. The third-order valence-corrected chi connectivity index (χ3v) is 8.19. The fourth-order valence-corrected chi connectivity index (χ4v) is 6.34. The van der Waals surface area contributed by atoms with Crippen LogP contribution in [0.3, 0.4) is 0 Å². The van der Waals surface area contributed by atoms with Gasteiger partial charge >= 0.3 is 6.09 Å². The van der Waals surface area contributed by atoms with Gasteiger partial charge in [0.1, 0.15) is 23.0 Å². The van der Waals surface area contributed by atoms with Gasteiger partial charge in [0.15, 0.2) is 17.6 Å². The molecule has 10 nitrogen and oxygen atoms in total. The molecule has 3 aromatic rings. The summed E-state index contributed by atoms with van der Waals surface area (Å²) in [5.74, 6) is 0.769. The molecular formula is C29H35N7O3. The Morgan fingerprint density at radius 2 is 2.03 bits per heavy atom. The number of nitrogens with zero attached hydrogens (tertiary/aromatic N) is 6. The predicted molar refractivity (Wildman–Crippen MR) is 145 cm³/mol. The summed E-state index contributed by atoms with van der Waals surface area (Å²) in [4.78, 5) is 24.7. The van der Waals surface area contributed by atoms with Crippen molar-refractivity contribution in [3.8, 4) is 6.07 Å². The quantitative estimate of drug-likeness (QED) is 0.514. The maximum Gasteiger partial charge on any atom is 0.408 e. The van der Waals surface area contributed by atoms with Crippen molar-refractivity contribution in [2.45, 2.75) is 77.2 Å². The van der Waals surface area contributed by atoms with Crippen LogP contribution in [0.5, 0.6) is 0 Å². The average Bonchev–Trinajstić information content (AvgIpc) is 3.44. The SMILES string of the molecule is CC(C)(C)OC(=O)N[C@@H]1c2ccccc2CC12CCN(c1cnc3c(C#N)nn(C4CCCCO4)c3n1)CC2. The van der Waals surface area contributed by atoms with E-state index in [-0.39, 0.29) is 29.5 Å². The summed E-state index contributed by atoms with van der Waals surface area (Å²) in [7, 11) is 0. The van der Waals surface area contributed by atoms with Crippen molar-refractivity contribution in [2.75, 3.05) is 24.6 Å². The first-order valence-corrected chi connectivity index (χ1v) is 13.9. The van der Waals surface area contributed by atoms with Gasteiger partial charge in [0, 0.05) is 25.1 Å². The Morgan fingerprint density at radius 3 is 2.74 bits per heavy atom. The molecule has 2 atom stereocenters. The van der Waals surface area contributed by atoms with Crippen molar-refractivity contribution >= 4 is 23.1 Å². The Kier molecular flexibility index (Phi) is 6.42. The minimum absolute atomic E-state index is 0.0969. The number of rotatable bonds is 3. The molecule has 2 aliphatic heterocycles. The van der Waals surface area contributed by atoms with Crippen LogP contribution < -0.4 is 10.2 Å². The van der Waals surface area contributed by atoms with Gasteiger partial charge in [-0.25, -0.2) is 19.4 Å². The monoisotopic (exact) mass is 529 g/mol. The highest BCUT2D eigenvalue weighted by Gasteiger charge is 2.48. The number of hydrogen-bond acceptors (Lipinski definition) is 8. The Labute approximate surface area is 228 Å². The van der Waals surface area contributed by atoms with E-state index in [4.69, 9.17) is 14.5 Å². The fraction of sp³-hybridized carbons (Fsp3) is 0.552. The van der Waals surface area contributed by atoms with E-state index in [2.05, 4.69) is 44.6 Å². The number of ether oxygens (including phenoxy) is 2. The van der Waals surface area contributed by atoms with Gasteiger partial charge in [-0.05, 0) is 70.4 Å². The number of alkyl carbamates (subject to hydrolysis) is 1. The molecule has 2 aromatic heterocycles. The van der Waals surface area contributed by atoms with Crippen LogP contribution in [0.15, 0.2) is 30.5 Å². The molecule has 6 rings (SSSR count). The first-order chi connectivity index (χ1) is 18.8. The number of carbonyl (C=O) groups excluding carboxylic acids is 1. The van der Waals surface area contributed by atoms with Crippen LogP contribution in [0.1, 0.15) is 82.0 Å². The van der Waals surface area contributed by atoms with Crippen molar-refractivity contribution in [3.05, 3.63) is 47.3 Å². The predicted octanol–water partition coefficient (Wildman–Crippen LogP) is 4.81. The number of benzene rings is 1. The summed E-state index contributed by atoms with van der Waals surface area (Å²) in [6, 6.07) is 10.4. The molecule has 1 aliphatic carbocycles. The standard InChI is InChI=1S/C29H35N7O3/c1-28(2,3)39-27(37)33-25-20-9-5-4-8-19(20)16-29(25)11-13-35(14-12-29)22-18-31-24-21(17-30)34-36(26(24)32-22)23-10-6-7-15-38-23/h4-5,8-9,18,23,25H,6-7,10-16H2,1-3H3,(H,33,37)/t23?,25-/m1/s1. The lowest BCUT2D eigenvalue weighted by Crippen LogP contribution is -2.48. The highest BCUT2D eigenvalue weighted by Crippen LogP contribution is 2.52. The maximum absolute atomic E-state index is 12.8. The van der Waals surface area contributed by atoms with Crippen molar-refractivity contribution in [1.29, 1.82) is 5.26 Å². The molecule has 0 saturated carbocycles. The largest absolute Gasteiger partial charge is 0.444 e. The topological polar surface area (TPSA) is 118 Å². The molecular weight excluding hydrogens is 494 g/mol. The van der Waals surface area contributed by atoms with E-state index in [9.17, 15) is 10.1 Å². The molecule has 204 valence electrons. The van der Waals surface area contributed by atoms with Crippen LogP contribution in [-0.4, -0.2) is 51.1 Å². The molecule has 39 heavy (non-hydrogen) atoms. The van der Waals surface area contributed by atoms with Crippen LogP contribution in [0, 0.1) is 16.7 Å². The number of nitrogens with one attached hydrogen (secondary N) is 1.